The molecule has 0 heterocycles. The fourth-order valence-corrected chi connectivity index (χ4v) is 2.62. The first-order chi connectivity index (χ1) is 14.0. The van der Waals surface area contributed by atoms with E-state index in [1.165, 1.54) is 27.2 Å². The third kappa shape index (κ3) is 6.24. The highest BCUT2D eigenvalue weighted by Gasteiger charge is 2.17. The largest absolute Gasteiger partial charge is 0.496 e. The molecular weight excluding hydrogens is 376 g/mol. The van der Waals surface area contributed by atoms with Crippen LogP contribution in [0.3, 0.4) is 0 Å². The molecule has 0 aliphatic carbocycles. The summed E-state index contributed by atoms with van der Waals surface area (Å²) < 4.78 is 15.4. The van der Waals surface area contributed by atoms with Gasteiger partial charge in [0.1, 0.15) is 22.8 Å². The first kappa shape index (κ1) is 21.7. The molecule has 8 nitrogen and oxygen atoms in total. The average Bonchev–Trinajstić information content (AvgIpc) is 2.72. The molecule has 0 radical (unpaired) electrons. The molecule has 0 unspecified atom stereocenters. The molecule has 29 heavy (non-hydrogen) atoms. The van der Waals surface area contributed by atoms with Gasteiger partial charge in [-0.2, -0.15) is 0 Å². The summed E-state index contributed by atoms with van der Waals surface area (Å²) in [6.07, 6.45) is 0.526. The monoisotopic (exact) mass is 400 g/mol. The summed E-state index contributed by atoms with van der Waals surface area (Å²) in [4.78, 5) is 35.6. The first-order valence-corrected chi connectivity index (χ1v) is 9.02. The Hall–Kier alpha value is -3.55. The number of benzene rings is 2. The standard InChI is InChI=1S/C21H24N2O6/c1-14(24)29-16-8-4-7-15(13-16)20(25)22-11-6-12-23-21(26)19-17(27-2)9-5-10-18(19)28-3/h4-5,7-10,13H,6,11-12H2,1-3H3,(H,22,25)(H,23,26). The van der Waals surface area contributed by atoms with Crippen molar-refractivity contribution in [1.29, 1.82) is 0 Å². The third-order valence-electron chi connectivity index (χ3n) is 3.94. The minimum Gasteiger partial charge on any atom is -0.496 e. The minimum atomic E-state index is -0.454. The molecule has 0 fully saturated rings. The molecule has 2 rings (SSSR count). The Balaban J connectivity index is 1.82. The summed E-state index contributed by atoms with van der Waals surface area (Å²) in [5, 5.41) is 5.54. The highest BCUT2D eigenvalue weighted by molar-refractivity contribution is 5.99. The fraction of sp³-hybridized carbons (Fsp3) is 0.286. The van der Waals surface area contributed by atoms with Gasteiger partial charge in [-0.25, -0.2) is 0 Å². The van der Waals surface area contributed by atoms with E-state index in [1.807, 2.05) is 0 Å². The molecule has 0 aliphatic heterocycles. The number of ether oxygens (including phenoxy) is 3. The van der Waals surface area contributed by atoms with Crippen LogP contribution in [0.25, 0.3) is 0 Å². The maximum absolute atomic E-state index is 12.4. The van der Waals surface area contributed by atoms with Gasteiger partial charge in [-0.05, 0) is 36.8 Å². The van der Waals surface area contributed by atoms with E-state index in [4.69, 9.17) is 14.2 Å². The van der Waals surface area contributed by atoms with Crippen molar-refractivity contribution in [2.24, 2.45) is 0 Å². The van der Waals surface area contributed by atoms with E-state index in [0.29, 0.717) is 47.9 Å². The second-order valence-corrected chi connectivity index (χ2v) is 6.02. The minimum absolute atomic E-state index is 0.295. The van der Waals surface area contributed by atoms with Crippen molar-refractivity contribution < 1.29 is 28.6 Å². The maximum Gasteiger partial charge on any atom is 0.308 e. The van der Waals surface area contributed by atoms with Gasteiger partial charge in [0.05, 0.1) is 14.2 Å². The lowest BCUT2D eigenvalue weighted by Crippen LogP contribution is -2.30. The van der Waals surface area contributed by atoms with Crippen LogP contribution in [0.2, 0.25) is 0 Å². The van der Waals surface area contributed by atoms with Crippen molar-refractivity contribution in [3.05, 3.63) is 53.6 Å². The number of carbonyl (C=O) groups excluding carboxylic acids is 3. The number of hydrogen-bond acceptors (Lipinski definition) is 6. The van der Waals surface area contributed by atoms with E-state index in [0.717, 1.165) is 0 Å². The molecule has 2 amide bonds. The highest BCUT2D eigenvalue weighted by atomic mass is 16.5. The van der Waals surface area contributed by atoms with Crippen LogP contribution in [0.4, 0.5) is 0 Å². The Morgan fingerprint density at radius 1 is 0.862 bits per heavy atom. The molecule has 0 aliphatic rings. The molecule has 2 N–H and O–H groups in total. The van der Waals surface area contributed by atoms with Gasteiger partial charge in [0.2, 0.25) is 0 Å². The number of rotatable bonds is 9. The number of hydrogen-bond donors (Lipinski definition) is 2. The van der Waals surface area contributed by atoms with Crippen molar-refractivity contribution >= 4 is 17.8 Å². The summed E-state index contributed by atoms with van der Waals surface area (Å²) >= 11 is 0. The molecule has 0 atom stereocenters. The lowest BCUT2D eigenvalue weighted by atomic mass is 10.1. The molecule has 2 aromatic rings. The first-order valence-electron chi connectivity index (χ1n) is 9.02. The topological polar surface area (TPSA) is 103 Å². The van der Waals surface area contributed by atoms with Crippen LogP contribution in [-0.2, 0) is 4.79 Å². The lowest BCUT2D eigenvalue weighted by Gasteiger charge is -2.13. The lowest BCUT2D eigenvalue weighted by molar-refractivity contribution is -0.131. The number of amides is 2. The molecule has 8 heteroatoms. The van der Waals surface area contributed by atoms with Crippen molar-refractivity contribution in [3.8, 4) is 17.2 Å². The van der Waals surface area contributed by atoms with E-state index < -0.39 is 5.97 Å². The maximum atomic E-state index is 12.4. The predicted octanol–water partition coefficient (Wildman–Crippen LogP) is 2.18. The Morgan fingerprint density at radius 2 is 1.45 bits per heavy atom. The van der Waals surface area contributed by atoms with E-state index in [1.54, 1.807) is 36.4 Å². The Morgan fingerprint density at radius 3 is 2.03 bits per heavy atom. The molecular formula is C21H24N2O6. The van der Waals surface area contributed by atoms with Crippen LogP contribution in [0.1, 0.15) is 34.1 Å². The summed E-state index contributed by atoms with van der Waals surface area (Å²) in [6, 6.07) is 11.4. The van der Waals surface area contributed by atoms with Crippen molar-refractivity contribution in [3.63, 3.8) is 0 Å². The van der Waals surface area contributed by atoms with Crippen molar-refractivity contribution in [2.45, 2.75) is 13.3 Å². The smallest absolute Gasteiger partial charge is 0.308 e. The van der Waals surface area contributed by atoms with Gasteiger partial charge >= 0.3 is 5.97 Å². The average molecular weight is 400 g/mol. The summed E-state index contributed by atoms with van der Waals surface area (Å²) in [7, 11) is 2.97. The van der Waals surface area contributed by atoms with Crippen LogP contribution >= 0.6 is 0 Å². The molecule has 0 saturated heterocycles. The summed E-state index contributed by atoms with van der Waals surface area (Å²) in [5.74, 6) is 0.0789. The number of nitrogens with one attached hydrogen (secondary N) is 2. The van der Waals surface area contributed by atoms with E-state index in [2.05, 4.69) is 10.6 Å². The molecule has 0 spiro atoms. The Bertz CT molecular complexity index is 859. The number of methoxy groups -OCH3 is 2. The van der Waals surface area contributed by atoms with Gasteiger partial charge in [-0.1, -0.05) is 12.1 Å². The van der Waals surface area contributed by atoms with Crippen molar-refractivity contribution in [2.75, 3.05) is 27.3 Å². The number of esters is 1. The van der Waals surface area contributed by atoms with Gasteiger partial charge in [0.15, 0.2) is 0 Å². The zero-order chi connectivity index (χ0) is 21.2. The normalized spacial score (nSPS) is 10.0. The second kappa shape index (κ2) is 10.7. The molecule has 0 saturated carbocycles. The molecule has 2 aromatic carbocycles. The number of carbonyl (C=O) groups is 3. The van der Waals surface area contributed by atoms with Gasteiger partial charge in [0, 0.05) is 25.6 Å². The van der Waals surface area contributed by atoms with E-state index in [-0.39, 0.29) is 11.8 Å². The van der Waals surface area contributed by atoms with Gasteiger partial charge in [-0.3, -0.25) is 14.4 Å². The van der Waals surface area contributed by atoms with E-state index >= 15 is 0 Å². The van der Waals surface area contributed by atoms with Crippen LogP contribution in [0.5, 0.6) is 17.2 Å². The predicted molar refractivity (Wildman–Crippen MR) is 107 cm³/mol. The van der Waals surface area contributed by atoms with E-state index in [9.17, 15) is 14.4 Å². The van der Waals surface area contributed by atoms with Gasteiger partial charge in [0.25, 0.3) is 11.8 Å². The fourth-order valence-electron chi connectivity index (χ4n) is 2.62. The Labute approximate surface area is 169 Å². The summed E-state index contributed by atoms with van der Waals surface area (Å²) in [5.41, 5.74) is 0.704. The van der Waals surface area contributed by atoms with Crippen LogP contribution in [0.15, 0.2) is 42.5 Å². The molecule has 0 aromatic heterocycles. The molecule has 0 bridgehead atoms. The van der Waals surface area contributed by atoms with Gasteiger partial charge in [-0.15, -0.1) is 0 Å². The van der Waals surface area contributed by atoms with Gasteiger partial charge < -0.3 is 24.8 Å². The second-order valence-electron chi connectivity index (χ2n) is 6.02. The van der Waals surface area contributed by atoms with Crippen LogP contribution < -0.4 is 24.8 Å². The molecule has 154 valence electrons. The quantitative estimate of drug-likeness (QED) is 0.380. The third-order valence-corrected chi connectivity index (χ3v) is 3.94. The highest BCUT2D eigenvalue weighted by Crippen LogP contribution is 2.27. The van der Waals surface area contributed by atoms with Crippen LogP contribution in [-0.4, -0.2) is 45.1 Å². The zero-order valence-electron chi connectivity index (χ0n) is 16.6. The SMILES string of the molecule is COc1cccc(OC)c1C(=O)NCCCNC(=O)c1cccc(OC(C)=O)c1. The Kier molecular flexibility index (Phi) is 8.02. The zero-order valence-corrected chi connectivity index (χ0v) is 16.6. The summed E-state index contributed by atoms with van der Waals surface area (Å²) in [6.45, 7) is 2.01. The van der Waals surface area contributed by atoms with Crippen molar-refractivity contribution in [1.82, 2.24) is 10.6 Å². The van der Waals surface area contributed by atoms with Crippen LogP contribution in [0, 0.1) is 0 Å².